The van der Waals surface area contributed by atoms with Crippen LogP contribution in [0, 0.1) is 0 Å². The summed E-state index contributed by atoms with van der Waals surface area (Å²) in [4.78, 5) is 29.4. The molecule has 2 aliphatic heterocycles. The summed E-state index contributed by atoms with van der Waals surface area (Å²) in [5.74, 6) is 0.161. The Balaban J connectivity index is 1.52. The molecule has 0 unspecified atom stereocenters. The minimum Gasteiger partial charge on any atom is -0.477 e. The lowest BCUT2D eigenvalue weighted by Gasteiger charge is -2.37. The van der Waals surface area contributed by atoms with E-state index in [9.17, 15) is 9.59 Å². The van der Waals surface area contributed by atoms with Gasteiger partial charge in [0.05, 0.1) is 0 Å². The third-order valence-corrected chi connectivity index (χ3v) is 6.96. The number of carboxylic acids is 1. The average Bonchev–Trinajstić information content (AvgIpc) is 3.13. The van der Waals surface area contributed by atoms with Crippen molar-refractivity contribution in [1.29, 1.82) is 0 Å². The van der Waals surface area contributed by atoms with Crippen molar-refractivity contribution in [1.82, 2.24) is 15.1 Å². The molecule has 2 fully saturated rings. The van der Waals surface area contributed by atoms with Gasteiger partial charge in [-0.2, -0.15) is 0 Å². The van der Waals surface area contributed by atoms with Crippen LogP contribution in [0.3, 0.4) is 0 Å². The molecule has 0 aliphatic carbocycles. The summed E-state index contributed by atoms with van der Waals surface area (Å²) in [7, 11) is 0. The summed E-state index contributed by atoms with van der Waals surface area (Å²) >= 11 is 3.12. The molecule has 24 heavy (non-hydrogen) atoms. The SMILES string of the molecule is CC1(C)SCN[C@H]1C(=O)N1CCN(Cc2ccc(C(=O)O)s2)CC1. The van der Waals surface area contributed by atoms with E-state index < -0.39 is 5.97 Å². The van der Waals surface area contributed by atoms with E-state index in [1.54, 1.807) is 17.8 Å². The predicted molar refractivity (Wildman–Crippen MR) is 96.6 cm³/mol. The number of aromatic carboxylic acids is 1. The van der Waals surface area contributed by atoms with Gasteiger partial charge in [0.1, 0.15) is 10.9 Å². The van der Waals surface area contributed by atoms with Crippen molar-refractivity contribution in [3.63, 3.8) is 0 Å². The number of nitrogens with zero attached hydrogens (tertiary/aromatic N) is 2. The van der Waals surface area contributed by atoms with Gasteiger partial charge in [0.25, 0.3) is 0 Å². The second-order valence-corrected chi connectivity index (χ2v) is 9.50. The Bertz CT molecular complexity index is 624. The molecule has 2 N–H and O–H groups in total. The van der Waals surface area contributed by atoms with Gasteiger partial charge in [0.2, 0.25) is 5.91 Å². The maximum absolute atomic E-state index is 12.7. The first kappa shape index (κ1) is 17.7. The molecule has 8 heteroatoms. The lowest BCUT2D eigenvalue weighted by atomic mass is 10.0. The van der Waals surface area contributed by atoms with Gasteiger partial charge in [0, 0.05) is 48.2 Å². The first-order chi connectivity index (χ1) is 11.4. The number of carbonyl (C=O) groups excluding carboxylic acids is 1. The molecular weight excluding hydrogens is 346 g/mol. The highest BCUT2D eigenvalue weighted by atomic mass is 32.2. The molecule has 3 heterocycles. The Labute approximate surface area is 150 Å². The number of hydrogen-bond acceptors (Lipinski definition) is 6. The molecule has 0 saturated carbocycles. The van der Waals surface area contributed by atoms with Crippen LogP contribution < -0.4 is 5.32 Å². The standard InChI is InChI=1S/C16H23N3O3S2/c1-16(2)13(17-10-23-16)14(20)19-7-5-18(6-8-19)9-11-3-4-12(24-11)15(21)22/h3-4,13,17H,5-10H2,1-2H3,(H,21,22)/t13-/m0/s1. The minimum absolute atomic E-state index is 0.0571. The van der Waals surface area contributed by atoms with Crippen LogP contribution in [0.4, 0.5) is 0 Å². The third-order valence-electron chi connectivity index (χ3n) is 4.61. The lowest BCUT2D eigenvalue weighted by molar-refractivity contribution is -0.135. The summed E-state index contributed by atoms with van der Waals surface area (Å²) in [6.07, 6.45) is 0. The van der Waals surface area contributed by atoms with E-state index >= 15 is 0 Å². The topological polar surface area (TPSA) is 72.9 Å². The van der Waals surface area contributed by atoms with Crippen molar-refractivity contribution < 1.29 is 14.7 Å². The first-order valence-electron chi connectivity index (χ1n) is 8.07. The fraction of sp³-hybridized carbons (Fsp3) is 0.625. The highest BCUT2D eigenvalue weighted by molar-refractivity contribution is 8.00. The van der Waals surface area contributed by atoms with E-state index in [2.05, 4.69) is 24.1 Å². The van der Waals surface area contributed by atoms with Crippen LogP contribution in [0.5, 0.6) is 0 Å². The maximum atomic E-state index is 12.7. The van der Waals surface area contributed by atoms with Gasteiger partial charge in [-0.15, -0.1) is 23.1 Å². The van der Waals surface area contributed by atoms with Crippen LogP contribution in [-0.2, 0) is 11.3 Å². The Kier molecular flexibility index (Phi) is 5.19. The van der Waals surface area contributed by atoms with Gasteiger partial charge >= 0.3 is 5.97 Å². The van der Waals surface area contributed by atoms with E-state index in [4.69, 9.17) is 5.11 Å². The first-order valence-corrected chi connectivity index (χ1v) is 9.87. The summed E-state index contributed by atoms with van der Waals surface area (Å²) < 4.78 is -0.0571. The zero-order valence-corrected chi connectivity index (χ0v) is 15.6. The minimum atomic E-state index is -0.869. The van der Waals surface area contributed by atoms with Crippen molar-refractivity contribution in [3.05, 3.63) is 21.9 Å². The number of thiophene rings is 1. The average molecular weight is 370 g/mol. The van der Waals surface area contributed by atoms with Crippen LogP contribution in [0.2, 0.25) is 0 Å². The van der Waals surface area contributed by atoms with Crippen molar-refractivity contribution >= 4 is 35.0 Å². The summed E-state index contributed by atoms with van der Waals surface area (Å²) in [5.41, 5.74) is 0. The molecule has 0 aromatic carbocycles. The summed E-state index contributed by atoms with van der Waals surface area (Å²) in [6, 6.07) is 3.44. The Morgan fingerprint density at radius 2 is 2.00 bits per heavy atom. The number of nitrogens with one attached hydrogen (secondary N) is 1. The van der Waals surface area contributed by atoms with Gasteiger partial charge in [0.15, 0.2) is 0 Å². The second-order valence-electron chi connectivity index (χ2n) is 6.70. The van der Waals surface area contributed by atoms with E-state index in [1.807, 2.05) is 11.0 Å². The molecule has 1 amide bonds. The zero-order valence-electron chi connectivity index (χ0n) is 13.9. The molecule has 1 aromatic rings. The van der Waals surface area contributed by atoms with Crippen LogP contribution in [-0.4, -0.2) is 69.6 Å². The normalized spacial score (nSPS) is 24.2. The van der Waals surface area contributed by atoms with Crippen LogP contribution in [0.25, 0.3) is 0 Å². The number of piperazine rings is 1. The molecule has 1 aromatic heterocycles. The van der Waals surface area contributed by atoms with E-state index in [0.29, 0.717) is 4.88 Å². The monoisotopic (exact) mass is 369 g/mol. The second kappa shape index (κ2) is 7.03. The summed E-state index contributed by atoms with van der Waals surface area (Å²) in [6.45, 7) is 8.10. The molecular formula is C16H23N3O3S2. The molecule has 2 aliphatic rings. The fourth-order valence-electron chi connectivity index (χ4n) is 3.13. The summed E-state index contributed by atoms with van der Waals surface area (Å²) in [5, 5.41) is 12.3. The molecule has 6 nitrogen and oxygen atoms in total. The van der Waals surface area contributed by atoms with Gasteiger partial charge in [-0.3, -0.25) is 15.0 Å². The number of rotatable bonds is 4. The Morgan fingerprint density at radius 3 is 2.54 bits per heavy atom. The van der Waals surface area contributed by atoms with Crippen LogP contribution in [0.1, 0.15) is 28.4 Å². The van der Waals surface area contributed by atoms with Crippen molar-refractivity contribution in [2.45, 2.75) is 31.2 Å². The van der Waals surface area contributed by atoms with Gasteiger partial charge in [-0.25, -0.2) is 4.79 Å². The number of carboxylic acid groups (broad SMARTS) is 1. The number of hydrogen-bond donors (Lipinski definition) is 2. The molecule has 0 radical (unpaired) electrons. The van der Waals surface area contributed by atoms with Gasteiger partial charge in [-0.05, 0) is 26.0 Å². The van der Waals surface area contributed by atoms with Gasteiger partial charge < -0.3 is 10.0 Å². The molecule has 2 saturated heterocycles. The van der Waals surface area contributed by atoms with Crippen molar-refractivity contribution in [2.24, 2.45) is 0 Å². The Morgan fingerprint density at radius 1 is 1.29 bits per heavy atom. The van der Waals surface area contributed by atoms with Gasteiger partial charge in [-0.1, -0.05) is 0 Å². The smallest absolute Gasteiger partial charge is 0.345 e. The maximum Gasteiger partial charge on any atom is 0.345 e. The van der Waals surface area contributed by atoms with Crippen LogP contribution in [0.15, 0.2) is 12.1 Å². The molecule has 0 spiro atoms. The zero-order chi connectivity index (χ0) is 17.3. The fourth-order valence-corrected chi connectivity index (χ4v) is 4.99. The number of thioether (sulfide) groups is 1. The highest BCUT2D eigenvalue weighted by Crippen LogP contribution is 2.34. The molecule has 1 atom stereocenters. The third kappa shape index (κ3) is 3.77. The van der Waals surface area contributed by atoms with E-state index in [1.165, 1.54) is 11.3 Å². The lowest BCUT2D eigenvalue weighted by Crippen LogP contribution is -2.56. The largest absolute Gasteiger partial charge is 0.477 e. The predicted octanol–water partition coefficient (Wildman–Crippen LogP) is 1.53. The quantitative estimate of drug-likeness (QED) is 0.839. The Hall–Kier alpha value is -1.09. The molecule has 3 rings (SSSR count). The van der Waals surface area contributed by atoms with Crippen LogP contribution >= 0.6 is 23.1 Å². The highest BCUT2D eigenvalue weighted by Gasteiger charge is 2.42. The van der Waals surface area contributed by atoms with Crippen molar-refractivity contribution in [2.75, 3.05) is 32.1 Å². The van der Waals surface area contributed by atoms with E-state index in [0.717, 1.165) is 43.5 Å². The van der Waals surface area contributed by atoms with E-state index in [-0.39, 0.29) is 16.7 Å². The van der Waals surface area contributed by atoms with Crippen molar-refractivity contribution in [3.8, 4) is 0 Å². The molecule has 132 valence electrons. The number of amides is 1. The molecule has 0 bridgehead atoms. The number of carbonyl (C=O) groups is 2.